The fraction of sp³-hybridized carbons (Fsp3) is 0.533. The summed E-state index contributed by atoms with van der Waals surface area (Å²) in [6.45, 7) is 2.81. The molecule has 1 saturated heterocycles. The molecule has 2 N–H and O–H groups in total. The molecule has 22 heavy (non-hydrogen) atoms. The Labute approximate surface area is 131 Å². The van der Waals surface area contributed by atoms with Gasteiger partial charge in [0.2, 0.25) is 10.0 Å². The minimum Gasteiger partial charge on any atom is -0.462 e. The second-order valence-electron chi connectivity index (χ2n) is 5.25. The summed E-state index contributed by atoms with van der Waals surface area (Å²) >= 11 is 0. The number of piperidine rings is 1. The first kappa shape index (κ1) is 16.9. The number of esters is 1. The normalized spacial score (nSPS) is 19.8. The van der Waals surface area contributed by atoms with Gasteiger partial charge in [0.25, 0.3) is 0 Å². The first-order valence-electron chi connectivity index (χ1n) is 7.49. The van der Waals surface area contributed by atoms with Crippen LogP contribution in [0.2, 0.25) is 0 Å². The second-order valence-corrected chi connectivity index (χ2v) is 7.14. The van der Waals surface area contributed by atoms with Gasteiger partial charge >= 0.3 is 5.97 Å². The molecule has 1 aromatic rings. The Bertz CT molecular complexity index is 613. The Morgan fingerprint density at radius 3 is 2.59 bits per heavy atom. The standard InChI is InChI=1S/C15H22N2O4S/c1-2-21-15(18)12-6-8-14(9-7-12)22(19,20)17-10-4-3-5-13(17)11-16/h6-9,13H,2-5,10-11,16H2,1H3. The van der Waals surface area contributed by atoms with Gasteiger partial charge in [0.1, 0.15) is 0 Å². The van der Waals surface area contributed by atoms with E-state index in [2.05, 4.69) is 0 Å². The Balaban J connectivity index is 2.24. The van der Waals surface area contributed by atoms with Crippen molar-refractivity contribution in [1.82, 2.24) is 4.31 Å². The molecular formula is C15H22N2O4S. The third kappa shape index (κ3) is 3.48. The van der Waals surface area contributed by atoms with Crippen molar-refractivity contribution >= 4 is 16.0 Å². The number of rotatable bonds is 5. The lowest BCUT2D eigenvalue weighted by molar-refractivity contribution is 0.0526. The third-order valence-corrected chi connectivity index (χ3v) is 5.78. The molecule has 0 spiro atoms. The van der Waals surface area contributed by atoms with Crippen LogP contribution in [-0.4, -0.2) is 44.4 Å². The molecule has 1 unspecified atom stereocenters. The van der Waals surface area contributed by atoms with Gasteiger partial charge in [-0.2, -0.15) is 4.31 Å². The summed E-state index contributed by atoms with van der Waals surface area (Å²) in [5.74, 6) is -0.454. The van der Waals surface area contributed by atoms with Gasteiger partial charge in [0, 0.05) is 19.1 Å². The largest absolute Gasteiger partial charge is 0.462 e. The van der Waals surface area contributed by atoms with Gasteiger partial charge < -0.3 is 10.5 Å². The molecular weight excluding hydrogens is 304 g/mol. The Morgan fingerprint density at radius 2 is 2.00 bits per heavy atom. The Morgan fingerprint density at radius 1 is 1.32 bits per heavy atom. The fourth-order valence-electron chi connectivity index (χ4n) is 2.64. The molecule has 1 aromatic carbocycles. The molecule has 1 aliphatic rings. The first-order valence-corrected chi connectivity index (χ1v) is 8.93. The van der Waals surface area contributed by atoms with E-state index in [1.54, 1.807) is 6.92 Å². The highest BCUT2D eigenvalue weighted by Gasteiger charge is 2.32. The molecule has 2 rings (SSSR count). The quantitative estimate of drug-likeness (QED) is 0.825. The van der Waals surface area contributed by atoms with Crippen LogP contribution in [0.1, 0.15) is 36.5 Å². The number of sulfonamides is 1. The maximum absolute atomic E-state index is 12.7. The molecule has 1 atom stereocenters. The van der Waals surface area contributed by atoms with Crippen LogP contribution in [0.25, 0.3) is 0 Å². The van der Waals surface area contributed by atoms with Crippen molar-refractivity contribution < 1.29 is 17.9 Å². The molecule has 1 fully saturated rings. The smallest absolute Gasteiger partial charge is 0.338 e. The number of hydrogen-bond acceptors (Lipinski definition) is 5. The lowest BCUT2D eigenvalue weighted by Gasteiger charge is -2.33. The summed E-state index contributed by atoms with van der Waals surface area (Å²) in [4.78, 5) is 11.8. The summed E-state index contributed by atoms with van der Waals surface area (Å²) in [5, 5.41) is 0. The van der Waals surface area contributed by atoms with E-state index in [0.29, 0.717) is 18.7 Å². The van der Waals surface area contributed by atoms with E-state index in [1.165, 1.54) is 28.6 Å². The molecule has 6 nitrogen and oxygen atoms in total. The fourth-order valence-corrected chi connectivity index (χ4v) is 4.34. The number of nitrogens with two attached hydrogens (primary N) is 1. The van der Waals surface area contributed by atoms with Crippen LogP contribution < -0.4 is 5.73 Å². The highest BCUT2D eigenvalue weighted by Crippen LogP contribution is 2.25. The Kier molecular flexibility index (Phi) is 5.55. The summed E-state index contributed by atoms with van der Waals surface area (Å²) < 4.78 is 31.8. The zero-order valence-electron chi connectivity index (χ0n) is 12.7. The minimum atomic E-state index is -3.58. The van der Waals surface area contributed by atoms with Gasteiger partial charge in [-0.15, -0.1) is 0 Å². The predicted molar refractivity (Wildman–Crippen MR) is 83.0 cm³/mol. The van der Waals surface area contributed by atoms with Gasteiger partial charge in [0.15, 0.2) is 0 Å². The summed E-state index contributed by atoms with van der Waals surface area (Å²) in [5.41, 5.74) is 6.04. The van der Waals surface area contributed by atoms with E-state index in [1.807, 2.05) is 0 Å². The lowest BCUT2D eigenvalue weighted by atomic mass is 10.1. The van der Waals surface area contributed by atoms with Crippen LogP contribution in [0.5, 0.6) is 0 Å². The van der Waals surface area contributed by atoms with E-state index in [9.17, 15) is 13.2 Å². The summed E-state index contributed by atoms with van der Waals surface area (Å²) in [6, 6.07) is 5.70. The molecule has 1 heterocycles. The number of carbonyl (C=O) groups excluding carboxylic acids is 1. The zero-order valence-corrected chi connectivity index (χ0v) is 13.5. The second kappa shape index (κ2) is 7.21. The van der Waals surface area contributed by atoms with Gasteiger partial charge in [-0.1, -0.05) is 6.42 Å². The maximum atomic E-state index is 12.7. The van der Waals surface area contributed by atoms with Gasteiger partial charge in [-0.05, 0) is 44.0 Å². The van der Waals surface area contributed by atoms with Crippen LogP contribution in [0.15, 0.2) is 29.2 Å². The highest BCUT2D eigenvalue weighted by atomic mass is 32.2. The topological polar surface area (TPSA) is 89.7 Å². The number of benzene rings is 1. The molecule has 122 valence electrons. The average Bonchev–Trinajstić information content (AvgIpc) is 2.55. The average molecular weight is 326 g/mol. The number of carbonyl (C=O) groups is 1. The van der Waals surface area contributed by atoms with Crippen molar-refractivity contribution in [2.24, 2.45) is 5.73 Å². The van der Waals surface area contributed by atoms with Crippen molar-refractivity contribution in [3.63, 3.8) is 0 Å². The van der Waals surface area contributed by atoms with E-state index in [4.69, 9.17) is 10.5 Å². The van der Waals surface area contributed by atoms with Crippen molar-refractivity contribution in [2.75, 3.05) is 19.7 Å². The third-order valence-electron chi connectivity index (χ3n) is 3.82. The van der Waals surface area contributed by atoms with Gasteiger partial charge in [-0.25, -0.2) is 13.2 Å². The van der Waals surface area contributed by atoms with E-state index in [-0.39, 0.29) is 17.5 Å². The SMILES string of the molecule is CCOC(=O)c1ccc(S(=O)(=O)N2CCCCC2CN)cc1. The molecule has 0 amide bonds. The summed E-state index contributed by atoms with van der Waals surface area (Å²) in [7, 11) is -3.58. The lowest BCUT2D eigenvalue weighted by Crippen LogP contribution is -2.47. The Hall–Kier alpha value is -1.44. The van der Waals surface area contributed by atoms with Crippen LogP contribution in [0.3, 0.4) is 0 Å². The van der Waals surface area contributed by atoms with Crippen molar-refractivity contribution in [1.29, 1.82) is 0 Å². The van der Waals surface area contributed by atoms with Gasteiger partial charge in [0.05, 0.1) is 17.1 Å². The molecule has 0 radical (unpaired) electrons. The predicted octanol–water partition coefficient (Wildman–Crippen LogP) is 1.37. The molecule has 0 bridgehead atoms. The van der Waals surface area contributed by atoms with Crippen molar-refractivity contribution in [3.8, 4) is 0 Å². The molecule has 0 aromatic heterocycles. The van der Waals surface area contributed by atoms with Crippen molar-refractivity contribution in [2.45, 2.75) is 37.1 Å². The van der Waals surface area contributed by atoms with Crippen LogP contribution in [0.4, 0.5) is 0 Å². The first-order chi connectivity index (χ1) is 10.5. The van der Waals surface area contributed by atoms with Crippen LogP contribution >= 0.6 is 0 Å². The summed E-state index contributed by atoms with van der Waals surface area (Å²) in [6.07, 6.45) is 2.63. The van der Waals surface area contributed by atoms with E-state index < -0.39 is 16.0 Å². The minimum absolute atomic E-state index is 0.150. The molecule has 7 heteroatoms. The highest BCUT2D eigenvalue weighted by molar-refractivity contribution is 7.89. The maximum Gasteiger partial charge on any atom is 0.338 e. The van der Waals surface area contributed by atoms with Crippen molar-refractivity contribution in [3.05, 3.63) is 29.8 Å². The number of nitrogens with zero attached hydrogens (tertiary/aromatic N) is 1. The van der Waals surface area contributed by atoms with Gasteiger partial charge in [-0.3, -0.25) is 0 Å². The van der Waals surface area contributed by atoms with E-state index >= 15 is 0 Å². The van der Waals surface area contributed by atoms with Crippen LogP contribution in [0, 0.1) is 0 Å². The van der Waals surface area contributed by atoms with Crippen LogP contribution in [-0.2, 0) is 14.8 Å². The zero-order chi connectivity index (χ0) is 16.2. The molecule has 0 aliphatic carbocycles. The van der Waals surface area contributed by atoms with E-state index in [0.717, 1.165) is 19.3 Å². The molecule has 1 aliphatic heterocycles. The molecule has 0 saturated carbocycles. The number of ether oxygens (including phenoxy) is 1. The monoisotopic (exact) mass is 326 g/mol. The number of hydrogen-bond donors (Lipinski definition) is 1.